The summed E-state index contributed by atoms with van der Waals surface area (Å²) in [6, 6.07) is 5.95. The normalized spacial score (nSPS) is 10.6. The molecule has 17 heavy (non-hydrogen) atoms. The minimum atomic E-state index is 0.461. The highest BCUT2D eigenvalue weighted by atomic mass is 79.9. The number of benzene rings is 1. The number of hydrogen-bond donors (Lipinski definition) is 0. The Balaban J connectivity index is 2.45. The second-order valence-electron chi connectivity index (χ2n) is 3.50. The van der Waals surface area contributed by atoms with Gasteiger partial charge in [-0.15, -0.1) is 22.9 Å². The molecule has 0 unspecified atom stereocenters. The van der Waals surface area contributed by atoms with Crippen molar-refractivity contribution in [3.63, 3.8) is 0 Å². The van der Waals surface area contributed by atoms with Crippen LogP contribution in [0.5, 0.6) is 5.75 Å². The molecule has 2 nitrogen and oxygen atoms in total. The largest absolute Gasteiger partial charge is 0.496 e. The molecule has 90 valence electrons. The second-order valence-corrected chi connectivity index (χ2v) is 5.90. The first-order valence-electron chi connectivity index (χ1n) is 5.02. The molecule has 0 spiro atoms. The smallest absolute Gasteiger partial charge is 0.133 e. The third-order valence-corrected chi connectivity index (χ3v) is 4.38. The number of alkyl halides is 1. The zero-order valence-electron chi connectivity index (χ0n) is 9.46. The fourth-order valence-corrected chi connectivity index (χ4v) is 3.16. The molecular formula is C12H11BrClNOS. The number of methoxy groups -OCH3 is 1. The molecule has 1 aromatic heterocycles. The van der Waals surface area contributed by atoms with E-state index in [9.17, 15) is 0 Å². The summed E-state index contributed by atoms with van der Waals surface area (Å²) in [5, 5.41) is 0.950. The zero-order chi connectivity index (χ0) is 12.4. The Kier molecular flexibility index (Phi) is 4.07. The van der Waals surface area contributed by atoms with Crippen molar-refractivity contribution in [1.82, 2.24) is 4.98 Å². The monoisotopic (exact) mass is 331 g/mol. The summed E-state index contributed by atoms with van der Waals surface area (Å²) in [6.07, 6.45) is 0. The van der Waals surface area contributed by atoms with Crippen LogP contribution in [0.15, 0.2) is 22.7 Å². The first-order chi connectivity index (χ1) is 8.15. The third-order valence-electron chi connectivity index (χ3n) is 2.38. The molecule has 0 saturated heterocycles. The molecular weight excluding hydrogens is 322 g/mol. The van der Waals surface area contributed by atoms with Crippen molar-refractivity contribution in [2.75, 3.05) is 7.11 Å². The average molecular weight is 333 g/mol. The minimum absolute atomic E-state index is 0.461. The van der Waals surface area contributed by atoms with E-state index in [0.717, 1.165) is 26.5 Å². The third kappa shape index (κ3) is 2.64. The molecule has 0 aliphatic rings. The lowest BCUT2D eigenvalue weighted by Gasteiger charge is -2.05. The molecule has 2 aromatic rings. The van der Waals surface area contributed by atoms with Crippen molar-refractivity contribution < 1.29 is 4.74 Å². The number of halogens is 2. The molecule has 5 heteroatoms. The number of hydrogen-bond acceptors (Lipinski definition) is 3. The van der Waals surface area contributed by atoms with Crippen molar-refractivity contribution in [3.8, 4) is 17.0 Å². The molecule has 0 bridgehead atoms. The van der Waals surface area contributed by atoms with E-state index < -0.39 is 0 Å². The lowest BCUT2D eigenvalue weighted by atomic mass is 10.1. The lowest BCUT2D eigenvalue weighted by molar-refractivity contribution is 0.412. The van der Waals surface area contributed by atoms with Crippen LogP contribution in [0.25, 0.3) is 11.3 Å². The van der Waals surface area contributed by atoms with Gasteiger partial charge in [0.1, 0.15) is 10.8 Å². The number of aromatic nitrogens is 1. The Morgan fingerprint density at radius 1 is 1.47 bits per heavy atom. The Labute approximate surface area is 118 Å². The van der Waals surface area contributed by atoms with Gasteiger partial charge >= 0.3 is 0 Å². The molecule has 0 aliphatic carbocycles. The zero-order valence-corrected chi connectivity index (χ0v) is 12.6. The van der Waals surface area contributed by atoms with Gasteiger partial charge in [0.15, 0.2) is 0 Å². The molecule has 0 amide bonds. The van der Waals surface area contributed by atoms with Gasteiger partial charge in [-0.05, 0) is 41.1 Å². The molecule has 2 rings (SSSR count). The van der Waals surface area contributed by atoms with E-state index in [4.69, 9.17) is 16.3 Å². The standard InChI is InChI=1S/C12H11BrClNOS/c1-7-12(15-11(6-14)17-7)8-3-4-10(16-2)9(13)5-8/h3-5H,6H2,1-2H3. The van der Waals surface area contributed by atoms with Crippen molar-refractivity contribution in [1.29, 1.82) is 0 Å². The maximum atomic E-state index is 5.80. The van der Waals surface area contributed by atoms with Crippen LogP contribution in [0.3, 0.4) is 0 Å². The Bertz CT molecular complexity index is 541. The van der Waals surface area contributed by atoms with Gasteiger partial charge in [-0.2, -0.15) is 0 Å². The van der Waals surface area contributed by atoms with E-state index >= 15 is 0 Å². The summed E-state index contributed by atoms with van der Waals surface area (Å²) in [4.78, 5) is 5.70. The second kappa shape index (κ2) is 5.38. The highest BCUT2D eigenvalue weighted by molar-refractivity contribution is 9.10. The predicted octanol–water partition coefficient (Wildman–Crippen LogP) is 4.63. The van der Waals surface area contributed by atoms with Crippen molar-refractivity contribution >= 4 is 38.9 Å². The maximum absolute atomic E-state index is 5.80. The highest BCUT2D eigenvalue weighted by Crippen LogP contribution is 2.33. The Morgan fingerprint density at radius 2 is 2.24 bits per heavy atom. The fraction of sp³-hybridized carbons (Fsp3) is 0.250. The van der Waals surface area contributed by atoms with E-state index in [1.165, 1.54) is 4.88 Å². The van der Waals surface area contributed by atoms with Gasteiger partial charge in [0.2, 0.25) is 0 Å². The number of nitrogens with zero attached hydrogens (tertiary/aromatic N) is 1. The average Bonchev–Trinajstić information content (AvgIpc) is 2.70. The molecule has 1 heterocycles. The topological polar surface area (TPSA) is 22.1 Å². The van der Waals surface area contributed by atoms with Crippen LogP contribution in [0.2, 0.25) is 0 Å². The van der Waals surface area contributed by atoms with Gasteiger partial charge in [0, 0.05) is 10.4 Å². The molecule has 0 radical (unpaired) electrons. The maximum Gasteiger partial charge on any atom is 0.133 e. The SMILES string of the molecule is COc1ccc(-c2nc(CCl)sc2C)cc1Br. The number of aryl methyl sites for hydroxylation is 1. The van der Waals surface area contributed by atoms with Crippen LogP contribution >= 0.6 is 38.9 Å². The number of thiazole rings is 1. The van der Waals surface area contributed by atoms with Gasteiger partial charge in [0.25, 0.3) is 0 Å². The van der Waals surface area contributed by atoms with Gasteiger partial charge in [-0.1, -0.05) is 0 Å². The number of ether oxygens (including phenoxy) is 1. The van der Waals surface area contributed by atoms with E-state index in [1.807, 2.05) is 18.2 Å². The van der Waals surface area contributed by atoms with Gasteiger partial charge in [-0.25, -0.2) is 4.98 Å². The summed E-state index contributed by atoms with van der Waals surface area (Å²) >= 11 is 10.9. The summed E-state index contributed by atoms with van der Waals surface area (Å²) in [7, 11) is 1.65. The summed E-state index contributed by atoms with van der Waals surface area (Å²) < 4.78 is 6.13. The predicted molar refractivity (Wildman–Crippen MR) is 76.1 cm³/mol. The summed E-state index contributed by atoms with van der Waals surface area (Å²) in [5.74, 6) is 1.28. The van der Waals surface area contributed by atoms with Crippen molar-refractivity contribution in [2.24, 2.45) is 0 Å². The fourth-order valence-electron chi connectivity index (χ4n) is 1.59. The Morgan fingerprint density at radius 3 is 2.76 bits per heavy atom. The van der Waals surface area contributed by atoms with E-state index in [2.05, 4.69) is 27.8 Å². The first-order valence-corrected chi connectivity index (χ1v) is 7.16. The molecule has 1 aromatic carbocycles. The van der Waals surface area contributed by atoms with Crippen LogP contribution in [-0.4, -0.2) is 12.1 Å². The molecule has 0 N–H and O–H groups in total. The van der Waals surface area contributed by atoms with Crippen LogP contribution in [0, 0.1) is 6.92 Å². The van der Waals surface area contributed by atoms with Crippen LogP contribution in [0.1, 0.15) is 9.88 Å². The van der Waals surface area contributed by atoms with Gasteiger partial charge in [0.05, 0.1) is 23.2 Å². The number of rotatable bonds is 3. The summed E-state index contributed by atoms with van der Waals surface area (Å²) in [6.45, 7) is 2.06. The minimum Gasteiger partial charge on any atom is -0.496 e. The van der Waals surface area contributed by atoms with Gasteiger partial charge in [-0.3, -0.25) is 0 Å². The molecule has 0 saturated carbocycles. The van der Waals surface area contributed by atoms with E-state index in [1.54, 1.807) is 18.4 Å². The lowest BCUT2D eigenvalue weighted by Crippen LogP contribution is -1.86. The van der Waals surface area contributed by atoms with E-state index in [-0.39, 0.29) is 0 Å². The summed E-state index contributed by atoms with van der Waals surface area (Å²) in [5.41, 5.74) is 2.07. The van der Waals surface area contributed by atoms with Crippen LogP contribution < -0.4 is 4.74 Å². The van der Waals surface area contributed by atoms with E-state index in [0.29, 0.717) is 5.88 Å². The van der Waals surface area contributed by atoms with Crippen molar-refractivity contribution in [3.05, 3.63) is 32.6 Å². The highest BCUT2D eigenvalue weighted by Gasteiger charge is 2.11. The first kappa shape index (κ1) is 12.9. The van der Waals surface area contributed by atoms with Crippen molar-refractivity contribution in [2.45, 2.75) is 12.8 Å². The molecule has 0 atom stereocenters. The molecule has 0 aliphatic heterocycles. The van der Waals surface area contributed by atoms with Gasteiger partial charge < -0.3 is 4.74 Å². The Hall–Kier alpha value is -0.580. The van der Waals surface area contributed by atoms with Crippen LogP contribution in [-0.2, 0) is 5.88 Å². The quantitative estimate of drug-likeness (QED) is 0.765. The molecule has 0 fully saturated rings. The van der Waals surface area contributed by atoms with Crippen LogP contribution in [0.4, 0.5) is 0 Å².